The van der Waals surface area contributed by atoms with Crippen LogP contribution < -0.4 is 4.90 Å². The summed E-state index contributed by atoms with van der Waals surface area (Å²) in [5.41, 5.74) is 1.58. The van der Waals surface area contributed by atoms with Gasteiger partial charge < -0.3 is 4.42 Å². The van der Waals surface area contributed by atoms with Crippen LogP contribution in [0.2, 0.25) is 0 Å². The van der Waals surface area contributed by atoms with Crippen molar-refractivity contribution in [2.75, 3.05) is 16.9 Å². The minimum atomic E-state index is -0.0841. The van der Waals surface area contributed by atoms with Crippen molar-refractivity contribution in [3.8, 4) is 0 Å². The molecule has 7 heteroatoms. The molecule has 0 saturated carbocycles. The summed E-state index contributed by atoms with van der Waals surface area (Å²) in [5.74, 6) is 1.64. The van der Waals surface area contributed by atoms with Gasteiger partial charge >= 0.3 is 0 Å². The molecule has 0 aliphatic rings. The van der Waals surface area contributed by atoms with Gasteiger partial charge in [0.05, 0.1) is 23.0 Å². The molecule has 0 atom stereocenters. The van der Waals surface area contributed by atoms with Gasteiger partial charge in [-0.15, -0.1) is 23.5 Å². The smallest absolute Gasteiger partial charge is 0.260 e. The van der Waals surface area contributed by atoms with Crippen LogP contribution in [-0.2, 0) is 6.54 Å². The Kier molecular flexibility index (Phi) is 6.28. The van der Waals surface area contributed by atoms with Crippen LogP contribution >= 0.6 is 34.9 Å². The molecule has 2 heterocycles. The topological polar surface area (TPSA) is 46.3 Å². The highest BCUT2D eigenvalue weighted by Crippen LogP contribution is 2.35. The first-order chi connectivity index (χ1) is 14.2. The van der Waals surface area contributed by atoms with Crippen LogP contribution in [0.25, 0.3) is 10.2 Å². The number of aromatic nitrogens is 1. The van der Waals surface area contributed by atoms with E-state index in [1.165, 1.54) is 11.3 Å². The Morgan fingerprint density at radius 1 is 1.14 bits per heavy atom. The maximum absolute atomic E-state index is 13.4. The maximum Gasteiger partial charge on any atom is 0.260 e. The number of hydrogen-bond donors (Lipinski definition) is 0. The van der Waals surface area contributed by atoms with Crippen LogP contribution in [0, 0.1) is 0 Å². The number of hydrogen-bond acceptors (Lipinski definition) is 6. The summed E-state index contributed by atoms with van der Waals surface area (Å²) < 4.78 is 6.59. The monoisotopic (exact) mass is 440 g/mol. The maximum atomic E-state index is 13.4. The zero-order valence-corrected chi connectivity index (χ0v) is 18.6. The average molecular weight is 441 g/mol. The molecule has 2 aromatic heterocycles. The summed E-state index contributed by atoms with van der Waals surface area (Å²) in [4.78, 5) is 22.2. The first-order valence-corrected chi connectivity index (χ1v) is 12.2. The highest BCUT2D eigenvalue weighted by molar-refractivity contribution is 7.99. The number of thioether (sulfide) groups is 2. The molecule has 29 heavy (non-hydrogen) atoms. The molecular formula is C22H20N2O2S3. The summed E-state index contributed by atoms with van der Waals surface area (Å²) >= 11 is 4.94. The number of carbonyl (C=O) groups is 1. The summed E-state index contributed by atoms with van der Waals surface area (Å²) in [6.45, 7) is 2.45. The lowest BCUT2D eigenvalue weighted by molar-refractivity contribution is 0.0983. The van der Waals surface area contributed by atoms with E-state index in [0.29, 0.717) is 17.2 Å². The summed E-state index contributed by atoms with van der Waals surface area (Å²) in [6, 6.07) is 17.6. The van der Waals surface area contributed by atoms with Gasteiger partial charge in [0.1, 0.15) is 5.76 Å². The van der Waals surface area contributed by atoms with Gasteiger partial charge in [-0.05, 0) is 60.5 Å². The second-order valence-electron chi connectivity index (χ2n) is 6.23. The normalized spacial score (nSPS) is 11.1. The third-order valence-electron chi connectivity index (χ3n) is 4.37. The van der Waals surface area contributed by atoms with E-state index in [1.807, 2.05) is 54.8 Å². The molecule has 0 N–H and O–H groups in total. The molecule has 0 aliphatic carbocycles. The molecule has 0 spiro atoms. The van der Waals surface area contributed by atoms with Crippen LogP contribution in [0.15, 0.2) is 75.1 Å². The van der Waals surface area contributed by atoms with E-state index in [0.717, 1.165) is 31.5 Å². The zero-order chi connectivity index (χ0) is 20.2. The summed E-state index contributed by atoms with van der Waals surface area (Å²) in [7, 11) is 0. The van der Waals surface area contributed by atoms with Crippen LogP contribution in [-0.4, -0.2) is 22.9 Å². The Morgan fingerprint density at radius 3 is 2.66 bits per heavy atom. The lowest BCUT2D eigenvalue weighted by atomic mass is 10.2. The van der Waals surface area contributed by atoms with Crippen molar-refractivity contribution in [2.45, 2.75) is 23.3 Å². The molecule has 0 aliphatic heterocycles. The van der Waals surface area contributed by atoms with E-state index < -0.39 is 0 Å². The van der Waals surface area contributed by atoms with Crippen molar-refractivity contribution in [1.82, 2.24) is 4.98 Å². The predicted molar refractivity (Wildman–Crippen MR) is 123 cm³/mol. The van der Waals surface area contributed by atoms with E-state index in [-0.39, 0.29) is 5.91 Å². The standard InChI is InChI=1S/C22H20N2O2S3/c1-3-28-17-11-9-15(10-12-17)21(25)24(14-16-6-5-13-26-16)22-23-20-18(27-2)7-4-8-19(20)29-22/h4-13H,3,14H2,1-2H3. The number of para-hydroxylation sites is 1. The summed E-state index contributed by atoms with van der Waals surface area (Å²) in [5, 5.41) is 0.676. The second-order valence-corrected chi connectivity index (χ2v) is 9.43. The molecule has 1 amide bonds. The zero-order valence-electron chi connectivity index (χ0n) is 16.1. The number of nitrogens with zero attached hydrogens (tertiary/aromatic N) is 2. The van der Waals surface area contributed by atoms with Crippen molar-refractivity contribution in [3.05, 3.63) is 72.2 Å². The largest absolute Gasteiger partial charge is 0.467 e. The van der Waals surface area contributed by atoms with Gasteiger partial charge in [-0.3, -0.25) is 9.69 Å². The molecule has 0 fully saturated rings. The van der Waals surface area contributed by atoms with Gasteiger partial charge in [-0.25, -0.2) is 4.98 Å². The Bertz CT molecular complexity index is 1110. The molecular weight excluding hydrogens is 420 g/mol. The molecule has 4 aromatic rings. The Balaban J connectivity index is 1.72. The molecule has 0 saturated heterocycles. The van der Waals surface area contributed by atoms with Crippen molar-refractivity contribution in [3.63, 3.8) is 0 Å². The van der Waals surface area contributed by atoms with Gasteiger partial charge in [0.2, 0.25) is 0 Å². The van der Waals surface area contributed by atoms with Crippen LogP contribution in [0.5, 0.6) is 0 Å². The number of amides is 1. The minimum absolute atomic E-state index is 0.0841. The van der Waals surface area contributed by atoms with Crippen LogP contribution in [0.4, 0.5) is 5.13 Å². The van der Waals surface area contributed by atoms with Crippen LogP contribution in [0.1, 0.15) is 23.0 Å². The molecule has 0 bridgehead atoms. The highest BCUT2D eigenvalue weighted by Gasteiger charge is 2.23. The van der Waals surface area contributed by atoms with Gasteiger partial charge in [-0.1, -0.05) is 24.3 Å². The molecule has 4 rings (SSSR count). The number of fused-ring (bicyclic) bond motifs is 1. The fourth-order valence-electron chi connectivity index (χ4n) is 2.99. The minimum Gasteiger partial charge on any atom is -0.467 e. The van der Waals surface area contributed by atoms with E-state index >= 15 is 0 Å². The van der Waals surface area contributed by atoms with Gasteiger partial charge in [0, 0.05) is 15.4 Å². The van der Waals surface area contributed by atoms with Crippen molar-refractivity contribution in [1.29, 1.82) is 0 Å². The fourth-order valence-corrected chi connectivity index (χ4v) is 5.27. The lowest BCUT2D eigenvalue weighted by Crippen LogP contribution is -2.30. The number of carbonyl (C=O) groups excluding carboxylic acids is 1. The van der Waals surface area contributed by atoms with Gasteiger partial charge in [0.25, 0.3) is 5.91 Å². The fraction of sp³-hybridized carbons (Fsp3) is 0.182. The molecule has 4 nitrogen and oxygen atoms in total. The second kappa shape index (κ2) is 9.07. The number of rotatable bonds is 7. The van der Waals surface area contributed by atoms with Crippen LogP contribution in [0.3, 0.4) is 0 Å². The van der Waals surface area contributed by atoms with Crippen molar-refractivity contribution < 1.29 is 9.21 Å². The lowest BCUT2D eigenvalue weighted by Gasteiger charge is -2.19. The third-order valence-corrected chi connectivity index (χ3v) is 7.08. The van der Waals surface area contributed by atoms with E-state index in [9.17, 15) is 4.79 Å². The molecule has 148 valence electrons. The van der Waals surface area contributed by atoms with E-state index in [4.69, 9.17) is 9.40 Å². The van der Waals surface area contributed by atoms with Gasteiger partial charge in [-0.2, -0.15) is 0 Å². The summed E-state index contributed by atoms with van der Waals surface area (Å²) in [6.07, 6.45) is 3.66. The number of benzene rings is 2. The average Bonchev–Trinajstić information content (AvgIpc) is 3.41. The quantitative estimate of drug-likeness (QED) is 0.304. The van der Waals surface area contributed by atoms with E-state index in [1.54, 1.807) is 34.7 Å². The molecule has 2 aromatic carbocycles. The molecule has 0 radical (unpaired) electrons. The first kappa shape index (κ1) is 20.1. The first-order valence-electron chi connectivity index (χ1n) is 9.20. The molecule has 0 unspecified atom stereocenters. The third kappa shape index (κ3) is 4.37. The van der Waals surface area contributed by atoms with Crippen molar-refractivity contribution >= 4 is 56.1 Å². The van der Waals surface area contributed by atoms with Crippen molar-refractivity contribution in [2.24, 2.45) is 0 Å². The number of anilines is 1. The number of thiazole rings is 1. The SMILES string of the molecule is CCSc1ccc(C(=O)N(Cc2ccco2)c2nc3c(SC)cccc3s2)cc1. The predicted octanol–water partition coefficient (Wildman–Crippen LogP) is 6.57. The van der Waals surface area contributed by atoms with E-state index in [2.05, 4.69) is 13.0 Å². The highest BCUT2D eigenvalue weighted by atomic mass is 32.2. The Labute approximate surface area is 182 Å². The Hall–Kier alpha value is -2.22. The Morgan fingerprint density at radius 2 is 1.97 bits per heavy atom. The van der Waals surface area contributed by atoms with Gasteiger partial charge in [0.15, 0.2) is 5.13 Å². The number of furan rings is 1.